The number of rotatable bonds is 6. The summed E-state index contributed by atoms with van der Waals surface area (Å²) in [5.41, 5.74) is 4.18. The summed E-state index contributed by atoms with van der Waals surface area (Å²) in [6.07, 6.45) is 3.98. The van der Waals surface area contributed by atoms with Gasteiger partial charge in [-0.15, -0.1) is 0 Å². The van der Waals surface area contributed by atoms with Crippen molar-refractivity contribution in [3.05, 3.63) is 71.4 Å². The molecule has 1 aromatic heterocycles. The van der Waals surface area contributed by atoms with Crippen LogP contribution in [0.15, 0.2) is 54.7 Å². The van der Waals surface area contributed by atoms with E-state index in [2.05, 4.69) is 54.2 Å². The Hall–Kier alpha value is -2.17. The molecule has 28 heavy (non-hydrogen) atoms. The Morgan fingerprint density at radius 1 is 1.14 bits per heavy atom. The van der Waals surface area contributed by atoms with Gasteiger partial charge < -0.3 is 14.6 Å². The van der Waals surface area contributed by atoms with Crippen LogP contribution in [0.4, 0.5) is 4.39 Å². The largest absolute Gasteiger partial charge is 0.373 e. The summed E-state index contributed by atoms with van der Waals surface area (Å²) in [7, 11) is 2.18. The van der Waals surface area contributed by atoms with Gasteiger partial charge >= 0.3 is 0 Å². The Morgan fingerprint density at radius 3 is 2.61 bits per heavy atom. The second-order valence-corrected chi connectivity index (χ2v) is 8.16. The van der Waals surface area contributed by atoms with Crippen molar-refractivity contribution >= 4 is 10.9 Å². The number of hydrogen-bond acceptors (Lipinski definition) is 2. The molecule has 0 radical (unpaired) electrons. The summed E-state index contributed by atoms with van der Waals surface area (Å²) in [6, 6.07) is 16.6. The molecular formula is C24H29FN2O. The van der Waals surface area contributed by atoms with Gasteiger partial charge in [0.05, 0.1) is 18.2 Å². The molecule has 1 atom stereocenters. The van der Waals surface area contributed by atoms with E-state index in [0.717, 1.165) is 42.4 Å². The van der Waals surface area contributed by atoms with E-state index in [0.29, 0.717) is 12.2 Å². The van der Waals surface area contributed by atoms with Crippen LogP contribution in [0.3, 0.4) is 0 Å². The smallest absolute Gasteiger partial charge is 0.115 e. The Kier molecular flexibility index (Phi) is 5.51. The fourth-order valence-electron chi connectivity index (χ4n) is 4.39. The first-order chi connectivity index (χ1) is 13.6. The minimum atomic E-state index is -0.457. The predicted molar refractivity (Wildman–Crippen MR) is 112 cm³/mol. The van der Waals surface area contributed by atoms with Crippen molar-refractivity contribution in [1.29, 1.82) is 0 Å². The SMILES string of the molecule is CC(OCC1(c2ccccc2)CCN(C)CC1)c1cc(CF)cc2cc[nH]c12. The average molecular weight is 381 g/mol. The molecule has 0 aliphatic carbocycles. The number of H-pyrrole nitrogens is 1. The van der Waals surface area contributed by atoms with Crippen molar-refractivity contribution in [3.63, 3.8) is 0 Å². The molecule has 1 fully saturated rings. The van der Waals surface area contributed by atoms with E-state index in [1.807, 2.05) is 24.4 Å². The van der Waals surface area contributed by atoms with Crippen LogP contribution in [0.5, 0.6) is 0 Å². The van der Waals surface area contributed by atoms with Crippen molar-refractivity contribution in [2.75, 3.05) is 26.7 Å². The van der Waals surface area contributed by atoms with Crippen LogP contribution in [0.1, 0.15) is 42.6 Å². The number of aromatic amines is 1. The molecule has 1 aliphatic rings. The van der Waals surface area contributed by atoms with Crippen molar-refractivity contribution in [1.82, 2.24) is 9.88 Å². The number of benzene rings is 2. The van der Waals surface area contributed by atoms with Gasteiger partial charge in [0.1, 0.15) is 6.67 Å². The normalized spacial score (nSPS) is 18.4. The highest BCUT2D eigenvalue weighted by molar-refractivity contribution is 5.83. The van der Waals surface area contributed by atoms with Crippen LogP contribution in [0, 0.1) is 0 Å². The number of nitrogens with zero attached hydrogens (tertiary/aromatic N) is 1. The topological polar surface area (TPSA) is 28.3 Å². The van der Waals surface area contributed by atoms with E-state index < -0.39 is 6.67 Å². The zero-order chi connectivity index (χ0) is 19.6. The van der Waals surface area contributed by atoms with Gasteiger partial charge in [-0.2, -0.15) is 0 Å². The molecule has 4 heteroatoms. The Morgan fingerprint density at radius 2 is 1.89 bits per heavy atom. The van der Waals surface area contributed by atoms with E-state index in [4.69, 9.17) is 4.74 Å². The number of hydrogen-bond donors (Lipinski definition) is 1. The van der Waals surface area contributed by atoms with Gasteiger partial charge in [0.25, 0.3) is 0 Å². The number of piperidine rings is 1. The number of ether oxygens (including phenoxy) is 1. The summed E-state index contributed by atoms with van der Waals surface area (Å²) < 4.78 is 19.8. The van der Waals surface area contributed by atoms with Crippen LogP contribution in [-0.2, 0) is 16.8 Å². The summed E-state index contributed by atoms with van der Waals surface area (Å²) >= 11 is 0. The second-order valence-electron chi connectivity index (χ2n) is 8.16. The van der Waals surface area contributed by atoms with Crippen molar-refractivity contribution in [2.45, 2.75) is 38.0 Å². The van der Waals surface area contributed by atoms with Gasteiger partial charge in [0.15, 0.2) is 0 Å². The number of likely N-dealkylation sites (tertiary alicyclic amines) is 1. The van der Waals surface area contributed by atoms with E-state index in [9.17, 15) is 4.39 Å². The quantitative estimate of drug-likeness (QED) is 0.622. The number of aromatic nitrogens is 1. The number of fused-ring (bicyclic) bond motifs is 1. The second kappa shape index (κ2) is 8.06. The van der Waals surface area contributed by atoms with Gasteiger partial charge in [0.2, 0.25) is 0 Å². The molecule has 0 bridgehead atoms. The van der Waals surface area contributed by atoms with E-state index in [1.54, 1.807) is 0 Å². The van der Waals surface area contributed by atoms with E-state index in [-0.39, 0.29) is 11.5 Å². The van der Waals surface area contributed by atoms with Crippen LogP contribution in [0.25, 0.3) is 10.9 Å². The fraction of sp³-hybridized carbons (Fsp3) is 0.417. The van der Waals surface area contributed by atoms with Crippen molar-refractivity contribution < 1.29 is 9.13 Å². The number of nitrogens with one attached hydrogen (secondary N) is 1. The monoisotopic (exact) mass is 380 g/mol. The molecule has 3 nitrogen and oxygen atoms in total. The minimum Gasteiger partial charge on any atom is -0.373 e. The molecule has 0 spiro atoms. The lowest BCUT2D eigenvalue weighted by atomic mass is 9.73. The first kappa shape index (κ1) is 19.2. The molecule has 0 saturated carbocycles. The number of alkyl halides is 1. The number of halogens is 1. The van der Waals surface area contributed by atoms with Gasteiger partial charge in [-0.3, -0.25) is 0 Å². The summed E-state index contributed by atoms with van der Waals surface area (Å²) in [5, 5.41) is 1.04. The summed E-state index contributed by atoms with van der Waals surface area (Å²) in [4.78, 5) is 5.68. The van der Waals surface area contributed by atoms with E-state index in [1.165, 1.54) is 5.56 Å². The molecule has 1 N–H and O–H groups in total. The third-order valence-corrected chi connectivity index (χ3v) is 6.28. The van der Waals surface area contributed by atoms with Gasteiger partial charge in [-0.05, 0) is 69.2 Å². The maximum absolute atomic E-state index is 13.3. The standard InChI is InChI=1S/C24H29FN2O/c1-18(22-15-19(16-25)14-20-8-11-26-23(20)22)28-17-24(9-12-27(2)13-10-24)21-6-4-3-5-7-21/h3-8,11,14-15,18,26H,9-10,12-13,16-17H2,1-2H3. The summed E-state index contributed by atoms with van der Waals surface area (Å²) in [5.74, 6) is 0. The lowest BCUT2D eigenvalue weighted by Crippen LogP contribution is -2.44. The molecule has 1 saturated heterocycles. The highest BCUT2D eigenvalue weighted by Crippen LogP contribution is 2.37. The van der Waals surface area contributed by atoms with Gasteiger partial charge in [-0.1, -0.05) is 30.3 Å². The van der Waals surface area contributed by atoms with Crippen LogP contribution >= 0.6 is 0 Å². The van der Waals surface area contributed by atoms with Crippen LogP contribution < -0.4 is 0 Å². The zero-order valence-corrected chi connectivity index (χ0v) is 16.7. The highest BCUT2D eigenvalue weighted by atomic mass is 19.1. The van der Waals surface area contributed by atoms with Crippen molar-refractivity contribution in [3.8, 4) is 0 Å². The molecule has 2 heterocycles. The Labute approximate surface area is 166 Å². The fourth-order valence-corrected chi connectivity index (χ4v) is 4.39. The molecule has 3 aromatic rings. The average Bonchev–Trinajstić information content (AvgIpc) is 3.22. The molecular weight excluding hydrogens is 351 g/mol. The highest BCUT2D eigenvalue weighted by Gasteiger charge is 2.36. The van der Waals surface area contributed by atoms with Crippen LogP contribution in [0.2, 0.25) is 0 Å². The van der Waals surface area contributed by atoms with Crippen molar-refractivity contribution in [2.24, 2.45) is 0 Å². The molecule has 1 aliphatic heterocycles. The van der Waals surface area contributed by atoms with Gasteiger partial charge in [-0.25, -0.2) is 4.39 Å². The Balaban J connectivity index is 1.59. The first-order valence-corrected chi connectivity index (χ1v) is 10.1. The Bertz CT molecular complexity index is 913. The minimum absolute atomic E-state index is 0.0363. The third-order valence-electron chi connectivity index (χ3n) is 6.28. The zero-order valence-electron chi connectivity index (χ0n) is 16.7. The molecule has 0 amide bonds. The van der Waals surface area contributed by atoms with Gasteiger partial charge in [0, 0.05) is 22.6 Å². The molecule has 2 aromatic carbocycles. The first-order valence-electron chi connectivity index (χ1n) is 10.1. The summed E-state index contributed by atoms with van der Waals surface area (Å²) in [6.45, 7) is 4.44. The maximum atomic E-state index is 13.3. The lowest BCUT2D eigenvalue weighted by Gasteiger charge is -2.41. The van der Waals surface area contributed by atoms with E-state index >= 15 is 0 Å². The molecule has 4 rings (SSSR count). The molecule has 1 unspecified atom stereocenters. The maximum Gasteiger partial charge on any atom is 0.115 e. The third kappa shape index (κ3) is 3.71. The van der Waals surface area contributed by atoms with Crippen LogP contribution in [-0.4, -0.2) is 36.6 Å². The lowest BCUT2D eigenvalue weighted by molar-refractivity contribution is 0.00696. The molecule has 148 valence electrons. The predicted octanol–water partition coefficient (Wildman–Crippen LogP) is 5.38.